The van der Waals surface area contributed by atoms with Gasteiger partial charge in [0.25, 0.3) is 0 Å². The Kier molecular flexibility index (Phi) is 5.14. The maximum atomic E-state index is 11.1. The molecule has 0 radical (unpaired) electrons. The van der Waals surface area contributed by atoms with Gasteiger partial charge < -0.3 is 15.4 Å². The van der Waals surface area contributed by atoms with Gasteiger partial charge in [-0.1, -0.05) is 0 Å². The number of hydrogen-bond donors (Lipinski definition) is 2. The van der Waals surface area contributed by atoms with Crippen molar-refractivity contribution in [2.45, 2.75) is 13.5 Å². The van der Waals surface area contributed by atoms with E-state index in [1.807, 2.05) is 19.1 Å². The highest BCUT2D eigenvalue weighted by molar-refractivity contribution is 7.13. The molecule has 0 atom stereocenters. The highest BCUT2D eigenvalue weighted by Crippen LogP contribution is 2.23. The smallest absolute Gasteiger partial charge is 0.233 e. The van der Waals surface area contributed by atoms with E-state index in [1.54, 1.807) is 18.4 Å². The first-order valence-corrected chi connectivity index (χ1v) is 5.68. The van der Waals surface area contributed by atoms with Gasteiger partial charge >= 0.3 is 0 Å². The molecule has 0 aliphatic heterocycles. The Morgan fingerprint density at radius 3 is 2.93 bits per heavy atom. The molecule has 0 aromatic carbocycles. The van der Waals surface area contributed by atoms with Crippen LogP contribution in [0, 0.1) is 0 Å². The fraction of sp³-hybridized carbons (Fsp3) is 0.500. The number of likely N-dealkylation sites (N-methyl/N-ethyl adjacent to an activating group) is 1. The molecule has 0 aliphatic carbocycles. The topological polar surface area (TPSA) is 50.4 Å². The van der Waals surface area contributed by atoms with Crippen molar-refractivity contribution in [1.29, 1.82) is 0 Å². The minimum Gasteiger partial charge on any atom is -0.487 e. The molecule has 15 heavy (non-hydrogen) atoms. The monoisotopic (exact) mass is 228 g/mol. The number of hydrogen-bond acceptors (Lipinski definition) is 4. The summed E-state index contributed by atoms with van der Waals surface area (Å²) in [7, 11) is 1.65. The molecule has 4 nitrogen and oxygen atoms in total. The van der Waals surface area contributed by atoms with Crippen LogP contribution >= 0.6 is 11.3 Å². The lowest BCUT2D eigenvalue weighted by Crippen LogP contribution is -2.33. The fourth-order valence-corrected chi connectivity index (χ4v) is 1.91. The first kappa shape index (κ1) is 12.0. The molecule has 2 N–H and O–H groups in total. The minimum absolute atomic E-state index is 0.0287. The van der Waals surface area contributed by atoms with Crippen molar-refractivity contribution in [2.75, 3.05) is 20.2 Å². The summed E-state index contributed by atoms with van der Waals surface area (Å²) in [5.41, 5.74) is 0. The summed E-state index contributed by atoms with van der Waals surface area (Å²) in [6.45, 7) is 3.63. The van der Waals surface area contributed by atoms with E-state index in [9.17, 15) is 4.79 Å². The van der Waals surface area contributed by atoms with E-state index < -0.39 is 0 Å². The largest absolute Gasteiger partial charge is 0.487 e. The van der Waals surface area contributed by atoms with Crippen LogP contribution in [0.15, 0.2) is 12.1 Å². The Balaban J connectivity index is 2.22. The van der Waals surface area contributed by atoms with Gasteiger partial charge in [-0.25, -0.2) is 0 Å². The van der Waals surface area contributed by atoms with Gasteiger partial charge in [-0.3, -0.25) is 4.79 Å². The molecule has 84 valence electrons. The van der Waals surface area contributed by atoms with E-state index in [0.717, 1.165) is 9.94 Å². The number of amides is 1. The van der Waals surface area contributed by atoms with Crippen molar-refractivity contribution in [3.63, 3.8) is 0 Å². The maximum Gasteiger partial charge on any atom is 0.233 e. The third-order valence-corrected chi connectivity index (χ3v) is 2.84. The molecule has 1 heterocycles. The summed E-state index contributed by atoms with van der Waals surface area (Å²) >= 11 is 1.58. The molecule has 0 saturated heterocycles. The van der Waals surface area contributed by atoms with Gasteiger partial charge in [0.2, 0.25) is 5.91 Å². The lowest BCUT2D eigenvalue weighted by atomic mass is 10.4. The highest BCUT2D eigenvalue weighted by Gasteiger charge is 2.01. The number of nitrogens with one attached hydrogen (secondary N) is 2. The predicted molar refractivity (Wildman–Crippen MR) is 61.3 cm³/mol. The SMILES string of the molecule is CCNC(=O)CNCc1ccc(OC)s1. The predicted octanol–water partition coefficient (Wildman–Crippen LogP) is 0.982. The van der Waals surface area contributed by atoms with Crippen molar-refractivity contribution < 1.29 is 9.53 Å². The molecule has 0 bridgehead atoms. The molecule has 0 fully saturated rings. The van der Waals surface area contributed by atoms with Crippen molar-refractivity contribution >= 4 is 17.2 Å². The minimum atomic E-state index is 0.0287. The second-order valence-electron chi connectivity index (χ2n) is 2.98. The number of carbonyl (C=O) groups is 1. The van der Waals surface area contributed by atoms with E-state index in [4.69, 9.17) is 4.74 Å². The molecule has 0 aliphatic rings. The van der Waals surface area contributed by atoms with Gasteiger partial charge in [-0.05, 0) is 19.1 Å². The van der Waals surface area contributed by atoms with Crippen LogP contribution < -0.4 is 15.4 Å². The van der Waals surface area contributed by atoms with Crippen LogP contribution in [-0.2, 0) is 11.3 Å². The van der Waals surface area contributed by atoms with Gasteiger partial charge in [0.1, 0.15) is 0 Å². The van der Waals surface area contributed by atoms with E-state index in [-0.39, 0.29) is 5.91 Å². The zero-order chi connectivity index (χ0) is 11.1. The Morgan fingerprint density at radius 2 is 2.33 bits per heavy atom. The second kappa shape index (κ2) is 6.42. The molecule has 0 spiro atoms. The molecular weight excluding hydrogens is 212 g/mol. The zero-order valence-electron chi connectivity index (χ0n) is 9.00. The Bertz CT molecular complexity index is 312. The molecule has 0 unspecified atom stereocenters. The number of thiophene rings is 1. The second-order valence-corrected chi connectivity index (χ2v) is 4.11. The molecule has 1 rings (SSSR count). The van der Waals surface area contributed by atoms with Gasteiger partial charge in [0.15, 0.2) is 5.06 Å². The summed E-state index contributed by atoms with van der Waals surface area (Å²) < 4.78 is 5.07. The number of ether oxygens (including phenoxy) is 1. The molecule has 1 amide bonds. The fourth-order valence-electron chi connectivity index (χ4n) is 1.12. The van der Waals surface area contributed by atoms with Crippen LogP contribution in [0.5, 0.6) is 5.06 Å². The summed E-state index contributed by atoms with van der Waals surface area (Å²) in [4.78, 5) is 12.3. The Hall–Kier alpha value is -1.07. The molecule has 5 heteroatoms. The molecule has 1 aromatic heterocycles. The van der Waals surface area contributed by atoms with Crippen molar-refractivity contribution in [2.24, 2.45) is 0 Å². The maximum absolute atomic E-state index is 11.1. The third-order valence-electron chi connectivity index (χ3n) is 1.80. The lowest BCUT2D eigenvalue weighted by molar-refractivity contribution is -0.120. The first-order valence-electron chi connectivity index (χ1n) is 4.86. The highest BCUT2D eigenvalue weighted by atomic mass is 32.1. The average Bonchev–Trinajstić information content (AvgIpc) is 2.66. The van der Waals surface area contributed by atoms with Crippen LogP contribution in [0.1, 0.15) is 11.8 Å². The Morgan fingerprint density at radius 1 is 1.53 bits per heavy atom. The van der Waals surface area contributed by atoms with Crippen molar-refractivity contribution in [3.8, 4) is 5.06 Å². The van der Waals surface area contributed by atoms with Crippen LogP contribution in [0.25, 0.3) is 0 Å². The summed E-state index contributed by atoms with van der Waals surface area (Å²) in [5.74, 6) is 0.0287. The molecule has 0 saturated carbocycles. The summed E-state index contributed by atoms with van der Waals surface area (Å²) in [6, 6.07) is 3.92. The van der Waals surface area contributed by atoms with Gasteiger partial charge in [0, 0.05) is 18.0 Å². The van der Waals surface area contributed by atoms with Crippen molar-refractivity contribution in [3.05, 3.63) is 17.0 Å². The lowest BCUT2D eigenvalue weighted by Gasteiger charge is -2.02. The van der Waals surface area contributed by atoms with Crippen LogP contribution in [-0.4, -0.2) is 26.1 Å². The zero-order valence-corrected chi connectivity index (χ0v) is 9.82. The summed E-state index contributed by atoms with van der Waals surface area (Å²) in [6.07, 6.45) is 0. The molecule has 1 aromatic rings. The van der Waals surface area contributed by atoms with E-state index in [0.29, 0.717) is 19.6 Å². The Labute approximate surface area is 93.6 Å². The van der Waals surface area contributed by atoms with Gasteiger partial charge in [-0.2, -0.15) is 0 Å². The first-order chi connectivity index (χ1) is 7.26. The van der Waals surface area contributed by atoms with Crippen LogP contribution in [0.3, 0.4) is 0 Å². The molecular formula is C10H16N2O2S. The quantitative estimate of drug-likeness (QED) is 0.763. The standard InChI is InChI=1S/C10H16N2O2S/c1-3-12-9(13)7-11-6-8-4-5-10(14-2)15-8/h4-5,11H,3,6-7H2,1-2H3,(H,12,13). The van der Waals surface area contributed by atoms with Crippen LogP contribution in [0.4, 0.5) is 0 Å². The van der Waals surface area contributed by atoms with E-state index >= 15 is 0 Å². The van der Waals surface area contributed by atoms with E-state index in [1.165, 1.54) is 0 Å². The van der Waals surface area contributed by atoms with Gasteiger partial charge in [0.05, 0.1) is 13.7 Å². The third kappa shape index (κ3) is 4.31. The van der Waals surface area contributed by atoms with E-state index in [2.05, 4.69) is 10.6 Å². The number of carbonyl (C=O) groups excluding carboxylic acids is 1. The number of methoxy groups -OCH3 is 1. The average molecular weight is 228 g/mol. The van der Waals surface area contributed by atoms with Crippen LogP contribution in [0.2, 0.25) is 0 Å². The summed E-state index contributed by atoms with van der Waals surface area (Å²) in [5, 5.41) is 6.69. The van der Waals surface area contributed by atoms with Gasteiger partial charge in [-0.15, -0.1) is 11.3 Å². The normalized spacial score (nSPS) is 10.0. The number of rotatable bonds is 6. The van der Waals surface area contributed by atoms with Crippen molar-refractivity contribution in [1.82, 2.24) is 10.6 Å².